The molecule has 2 aromatic carbocycles. The smallest absolute Gasteiger partial charge is 0.138 e. The molecule has 2 aromatic rings. The van der Waals surface area contributed by atoms with Crippen LogP contribution in [0.25, 0.3) is 0 Å². The highest BCUT2D eigenvalue weighted by Gasteiger charge is 2.22. The third-order valence-electron chi connectivity index (χ3n) is 3.61. The number of hydrogen-bond acceptors (Lipinski definition) is 2. The Labute approximate surface area is 132 Å². The first-order chi connectivity index (χ1) is 10.2. The van der Waals surface area contributed by atoms with Crippen LogP contribution in [-0.4, -0.2) is 13.2 Å². The Hall–Kier alpha value is -1.51. The summed E-state index contributed by atoms with van der Waals surface area (Å²) < 4.78 is 6.16. The van der Waals surface area contributed by atoms with Crippen molar-refractivity contribution in [1.82, 2.24) is 5.32 Å². The van der Waals surface area contributed by atoms with Crippen LogP contribution in [0.2, 0.25) is 5.02 Å². The Morgan fingerprint density at radius 1 is 1.14 bits per heavy atom. The van der Waals surface area contributed by atoms with E-state index in [2.05, 4.69) is 24.4 Å². The molecule has 0 aliphatic rings. The highest BCUT2D eigenvalue weighted by atomic mass is 35.5. The average molecular weight is 304 g/mol. The van der Waals surface area contributed by atoms with E-state index in [4.69, 9.17) is 16.3 Å². The second-order valence-corrected chi connectivity index (χ2v) is 5.58. The summed E-state index contributed by atoms with van der Waals surface area (Å²) in [5.74, 6) is 0.741. The van der Waals surface area contributed by atoms with Gasteiger partial charge in [-0.2, -0.15) is 0 Å². The van der Waals surface area contributed by atoms with Gasteiger partial charge in [-0.3, -0.25) is 0 Å². The van der Waals surface area contributed by atoms with E-state index in [0.717, 1.165) is 17.7 Å². The number of likely N-dealkylation sites (N-methyl/N-ethyl adjacent to an activating group) is 1. The first kappa shape index (κ1) is 15.9. The predicted molar refractivity (Wildman–Crippen MR) is 89.1 cm³/mol. The van der Waals surface area contributed by atoms with E-state index >= 15 is 0 Å². The minimum absolute atomic E-state index is 0.0256. The third-order valence-corrected chi connectivity index (χ3v) is 3.90. The van der Waals surface area contributed by atoms with Crippen LogP contribution in [0.15, 0.2) is 48.5 Å². The van der Waals surface area contributed by atoms with Crippen LogP contribution < -0.4 is 10.1 Å². The topological polar surface area (TPSA) is 21.3 Å². The van der Waals surface area contributed by atoms with Crippen molar-refractivity contribution in [2.45, 2.75) is 32.4 Å². The molecule has 1 N–H and O–H groups in total. The van der Waals surface area contributed by atoms with Gasteiger partial charge in [0.05, 0.1) is 11.1 Å². The maximum Gasteiger partial charge on any atom is 0.138 e. The summed E-state index contributed by atoms with van der Waals surface area (Å²) in [5.41, 5.74) is 2.35. The summed E-state index contributed by atoms with van der Waals surface area (Å²) in [6.07, 6.45) is 0.919. The van der Waals surface area contributed by atoms with E-state index in [0.29, 0.717) is 5.02 Å². The second-order valence-electron chi connectivity index (χ2n) is 5.18. The fourth-order valence-corrected chi connectivity index (χ4v) is 2.76. The zero-order valence-corrected chi connectivity index (χ0v) is 13.5. The number of halogens is 1. The normalized spacial score (nSPS) is 13.7. The quantitative estimate of drug-likeness (QED) is 0.830. The molecule has 0 fully saturated rings. The molecule has 2 nitrogen and oxygen atoms in total. The molecule has 0 saturated carbocycles. The molecule has 2 unspecified atom stereocenters. The fourth-order valence-electron chi connectivity index (χ4n) is 2.48. The van der Waals surface area contributed by atoms with Crippen molar-refractivity contribution < 1.29 is 4.74 Å². The molecule has 0 amide bonds. The number of ether oxygens (including phenoxy) is 1. The van der Waals surface area contributed by atoms with Crippen molar-refractivity contribution in [3.8, 4) is 5.75 Å². The van der Waals surface area contributed by atoms with Crippen LogP contribution >= 0.6 is 11.6 Å². The van der Waals surface area contributed by atoms with Crippen LogP contribution in [0.3, 0.4) is 0 Å². The Bertz CT molecular complexity index is 571. The lowest BCUT2D eigenvalue weighted by atomic mass is 9.99. The second kappa shape index (κ2) is 7.48. The van der Waals surface area contributed by atoms with Crippen molar-refractivity contribution in [3.05, 3.63) is 64.7 Å². The highest BCUT2D eigenvalue weighted by molar-refractivity contribution is 6.32. The van der Waals surface area contributed by atoms with E-state index < -0.39 is 0 Å². The molecule has 0 saturated heterocycles. The van der Waals surface area contributed by atoms with Crippen molar-refractivity contribution >= 4 is 11.6 Å². The van der Waals surface area contributed by atoms with Gasteiger partial charge in [0, 0.05) is 0 Å². The molecule has 0 bridgehead atoms. The standard InChI is InChI=1S/C18H22ClNO/c1-4-16(18(20-3)14-8-6-5-7-9-14)21-17-11-10-13(2)12-15(17)19/h5-12,16,18,20H,4H2,1-3H3. The van der Waals surface area contributed by atoms with Crippen LogP contribution in [-0.2, 0) is 0 Å². The van der Waals surface area contributed by atoms with Crippen LogP contribution in [0.4, 0.5) is 0 Å². The molecule has 3 heteroatoms. The van der Waals surface area contributed by atoms with Crippen LogP contribution in [0, 0.1) is 6.92 Å². The minimum Gasteiger partial charge on any atom is -0.487 e. The van der Waals surface area contributed by atoms with Crippen molar-refractivity contribution in [2.24, 2.45) is 0 Å². The SMILES string of the molecule is CCC(Oc1ccc(C)cc1Cl)C(NC)c1ccccc1. The maximum atomic E-state index is 6.28. The summed E-state index contributed by atoms with van der Waals surface area (Å²) in [6.45, 7) is 4.15. The number of hydrogen-bond donors (Lipinski definition) is 1. The Morgan fingerprint density at radius 3 is 2.43 bits per heavy atom. The Kier molecular flexibility index (Phi) is 5.66. The van der Waals surface area contributed by atoms with Gasteiger partial charge >= 0.3 is 0 Å². The largest absolute Gasteiger partial charge is 0.487 e. The summed E-state index contributed by atoms with van der Waals surface area (Å²) >= 11 is 6.28. The molecule has 0 heterocycles. The number of benzene rings is 2. The molecule has 2 rings (SSSR count). The summed E-state index contributed by atoms with van der Waals surface area (Å²) in [7, 11) is 1.96. The first-order valence-corrected chi connectivity index (χ1v) is 7.68. The molecular formula is C18H22ClNO. The van der Waals surface area contributed by atoms with Crippen molar-refractivity contribution in [1.29, 1.82) is 0 Å². The molecule has 0 spiro atoms. The molecule has 0 radical (unpaired) electrons. The van der Waals surface area contributed by atoms with Crippen LogP contribution in [0.1, 0.15) is 30.5 Å². The van der Waals surface area contributed by atoms with Gasteiger partial charge in [-0.25, -0.2) is 0 Å². The highest BCUT2D eigenvalue weighted by Crippen LogP contribution is 2.30. The van der Waals surface area contributed by atoms with Crippen molar-refractivity contribution in [2.75, 3.05) is 7.05 Å². The molecular weight excluding hydrogens is 282 g/mol. The molecule has 0 aliphatic heterocycles. The maximum absolute atomic E-state index is 6.28. The lowest BCUT2D eigenvalue weighted by Gasteiger charge is -2.27. The van der Waals surface area contributed by atoms with Gasteiger partial charge in [-0.15, -0.1) is 0 Å². The Balaban J connectivity index is 2.22. The van der Waals surface area contributed by atoms with Gasteiger partial charge in [0.15, 0.2) is 0 Å². The zero-order valence-electron chi connectivity index (χ0n) is 12.8. The first-order valence-electron chi connectivity index (χ1n) is 7.30. The fraction of sp³-hybridized carbons (Fsp3) is 0.333. The summed E-state index contributed by atoms with van der Waals surface area (Å²) in [6, 6.07) is 16.4. The minimum atomic E-state index is 0.0256. The van der Waals surface area contributed by atoms with Gasteiger partial charge in [-0.1, -0.05) is 54.9 Å². The number of nitrogens with one attached hydrogen (secondary N) is 1. The predicted octanol–water partition coefficient (Wildman–Crippen LogP) is 4.77. The van der Waals surface area contributed by atoms with E-state index in [1.54, 1.807) is 0 Å². The van der Waals surface area contributed by atoms with Gasteiger partial charge in [0.25, 0.3) is 0 Å². The molecule has 21 heavy (non-hydrogen) atoms. The van der Waals surface area contributed by atoms with Gasteiger partial charge in [0.2, 0.25) is 0 Å². The number of rotatable bonds is 6. The average Bonchev–Trinajstić information content (AvgIpc) is 2.50. The van der Waals surface area contributed by atoms with Gasteiger partial charge < -0.3 is 10.1 Å². The lowest BCUT2D eigenvalue weighted by molar-refractivity contribution is 0.152. The van der Waals surface area contributed by atoms with Crippen LogP contribution in [0.5, 0.6) is 5.75 Å². The monoisotopic (exact) mass is 303 g/mol. The summed E-state index contributed by atoms with van der Waals surface area (Å²) in [4.78, 5) is 0. The third kappa shape index (κ3) is 3.99. The molecule has 2 atom stereocenters. The Morgan fingerprint density at radius 2 is 1.86 bits per heavy atom. The summed E-state index contributed by atoms with van der Waals surface area (Å²) in [5, 5.41) is 4.02. The molecule has 112 valence electrons. The van der Waals surface area contributed by atoms with E-state index in [-0.39, 0.29) is 12.1 Å². The molecule has 0 aromatic heterocycles. The lowest BCUT2D eigenvalue weighted by Crippen LogP contribution is -2.33. The van der Waals surface area contributed by atoms with Gasteiger partial charge in [-0.05, 0) is 43.7 Å². The zero-order chi connectivity index (χ0) is 15.2. The van der Waals surface area contributed by atoms with E-state index in [1.165, 1.54) is 5.56 Å². The van der Waals surface area contributed by atoms with E-state index in [9.17, 15) is 0 Å². The van der Waals surface area contributed by atoms with Gasteiger partial charge in [0.1, 0.15) is 11.9 Å². The van der Waals surface area contributed by atoms with E-state index in [1.807, 2.05) is 50.4 Å². The molecule has 0 aliphatic carbocycles. The van der Waals surface area contributed by atoms with Crippen molar-refractivity contribution in [3.63, 3.8) is 0 Å². The number of aryl methyl sites for hydroxylation is 1.